The van der Waals surface area contributed by atoms with Crippen molar-refractivity contribution >= 4 is 0 Å². The maximum absolute atomic E-state index is 9.26. The first-order valence-corrected chi connectivity index (χ1v) is 5.35. The summed E-state index contributed by atoms with van der Waals surface area (Å²) in [6.07, 6.45) is 5.76. The summed E-state index contributed by atoms with van der Waals surface area (Å²) in [5.74, 6) is 0. The van der Waals surface area contributed by atoms with Crippen LogP contribution in [0.4, 0.5) is 0 Å². The molecular formula is C11H12N4O. The maximum atomic E-state index is 9.26. The van der Waals surface area contributed by atoms with Crippen molar-refractivity contribution in [2.24, 2.45) is 0 Å². The molecule has 2 heterocycles. The average Bonchev–Trinajstić information content (AvgIpc) is 3.09. The Hall–Kier alpha value is -1.75. The molecule has 1 aliphatic rings. The molecular weight excluding hydrogens is 204 g/mol. The van der Waals surface area contributed by atoms with Crippen LogP contribution in [0.3, 0.4) is 0 Å². The molecule has 2 aromatic heterocycles. The first-order valence-electron chi connectivity index (χ1n) is 5.35. The Kier molecular flexibility index (Phi) is 2.18. The SMILES string of the molecule is OCc1nnn(C2CC2)c1-c1ccncc1. The quantitative estimate of drug-likeness (QED) is 0.836. The molecule has 1 saturated carbocycles. The monoisotopic (exact) mass is 216 g/mol. The van der Waals surface area contributed by atoms with Crippen molar-refractivity contribution < 1.29 is 5.11 Å². The van der Waals surface area contributed by atoms with E-state index in [1.165, 1.54) is 0 Å². The Morgan fingerprint density at radius 2 is 2.06 bits per heavy atom. The molecule has 1 fully saturated rings. The van der Waals surface area contributed by atoms with Crippen molar-refractivity contribution in [1.29, 1.82) is 0 Å². The summed E-state index contributed by atoms with van der Waals surface area (Å²) in [5, 5.41) is 17.4. The molecule has 1 aliphatic carbocycles. The highest BCUT2D eigenvalue weighted by Crippen LogP contribution is 2.38. The van der Waals surface area contributed by atoms with Gasteiger partial charge < -0.3 is 5.11 Å². The van der Waals surface area contributed by atoms with Crippen molar-refractivity contribution in [3.63, 3.8) is 0 Å². The molecule has 0 aliphatic heterocycles. The van der Waals surface area contributed by atoms with Crippen molar-refractivity contribution in [2.75, 3.05) is 0 Å². The standard InChI is InChI=1S/C11H12N4O/c16-7-10-11(8-3-5-12-6-4-8)15(14-13-10)9-1-2-9/h3-6,9,16H,1-2,7H2. The lowest BCUT2D eigenvalue weighted by atomic mass is 10.1. The van der Waals surface area contributed by atoms with Crippen LogP contribution in [0.1, 0.15) is 24.6 Å². The molecule has 5 heteroatoms. The van der Waals surface area contributed by atoms with E-state index in [1.54, 1.807) is 12.4 Å². The van der Waals surface area contributed by atoms with Gasteiger partial charge in [-0.1, -0.05) is 5.21 Å². The molecule has 82 valence electrons. The minimum absolute atomic E-state index is 0.0790. The molecule has 5 nitrogen and oxygen atoms in total. The van der Waals surface area contributed by atoms with Crippen LogP contribution >= 0.6 is 0 Å². The van der Waals surface area contributed by atoms with Crippen molar-refractivity contribution in [3.8, 4) is 11.3 Å². The fourth-order valence-electron chi connectivity index (χ4n) is 1.82. The summed E-state index contributed by atoms with van der Waals surface area (Å²) in [4.78, 5) is 3.99. The molecule has 0 spiro atoms. The van der Waals surface area contributed by atoms with Gasteiger partial charge in [-0.15, -0.1) is 5.10 Å². The molecule has 16 heavy (non-hydrogen) atoms. The zero-order valence-corrected chi connectivity index (χ0v) is 8.74. The van der Waals surface area contributed by atoms with Crippen LogP contribution in [-0.4, -0.2) is 25.1 Å². The fraction of sp³-hybridized carbons (Fsp3) is 0.364. The molecule has 0 bridgehead atoms. The first-order chi connectivity index (χ1) is 7.90. The second kappa shape index (κ2) is 3.68. The number of hydrogen-bond donors (Lipinski definition) is 1. The van der Waals surface area contributed by atoms with Crippen LogP contribution in [-0.2, 0) is 6.61 Å². The lowest BCUT2D eigenvalue weighted by molar-refractivity contribution is 0.277. The van der Waals surface area contributed by atoms with Crippen LogP contribution < -0.4 is 0 Å². The summed E-state index contributed by atoms with van der Waals surface area (Å²) in [7, 11) is 0. The Labute approximate surface area is 92.8 Å². The van der Waals surface area contributed by atoms with E-state index < -0.39 is 0 Å². The number of nitrogens with zero attached hydrogens (tertiary/aromatic N) is 4. The van der Waals surface area contributed by atoms with E-state index in [2.05, 4.69) is 15.3 Å². The summed E-state index contributed by atoms with van der Waals surface area (Å²) in [5.41, 5.74) is 2.57. The van der Waals surface area contributed by atoms with Crippen molar-refractivity contribution in [2.45, 2.75) is 25.5 Å². The second-order valence-electron chi connectivity index (χ2n) is 3.95. The third kappa shape index (κ3) is 1.49. The largest absolute Gasteiger partial charge is 0.390 e. The van der Waals surface area contributed by atoms with Gasteiger partial charge in [-0.2, -0.15) is 0 Å². The third-order valence-corrected chi connectivity index (χ3v) is 2.76. The topological polar surface area (TPSA) is 63.8 Å². The van der Waals surface area contributed by atoms with Gasteiger partial charge in [0.05, 0.1) is 18.3 Å². The molecule has 2 aromatic rings. The maximum Gasteiger partial charge on any atom is 0.116 e. The van der Waals surface area contributed by atoms with Gasteiger partial charge in [0, 0.05) is 18.0 Å². The van der Waals surface area contributed by atoms with Crippen LogP contribution in [0.5, 0.6) is 0 Å². The van der Waals surface area contributed by atoms with Gasteiger partial charge in [-0.3, -0.25) is 4.98 Å². The van der Waals surface area contributed by atoms with Gasteiger partial charge >= 0.3 is 0 Å². The van der Waals surface area contributed by atoms with E-state index >= 15 is 0 Å². The number of pyridine rings is 1. The molecule has 0 saturated heterocycles. The van der Waals surface area contributed by atoms with Gasteiger partial charge in [-0.25, -0.2) is 4.68 Å². The van der Waals surface area contributed by atoms with E-state index in [0.717, 1.165) is 24.1 Å². The average molecular weight is 216 g/mol. The number of rotatable bonds is 3. The normalized spacial score (nSPS) is 15.3. The van der Waals surface area contributed by atoms with Gasteiger partial charge in [0.1, 0.15) is 5.69 Å². The highest BCUT2D eigenvalue weighted by molar-refractivity contribution is 5.61. The minimum atomic E-state index is -0.0790. The Bertz CT molecular complexity index is 490. The predicted molar refractivity (Wildman–Crippen MR) is 57.4 cm³/mol. The van der Waals surface area contributed by atoms with Crippen molar-refractivity contribution in [1.82, 2.24) is 20.0 Å². The van der Waals surface area contributed by atoms with Gasteiger partial charge in [0.25, 0.3) is 0 Å². The molecule has 1 N–H and O–H groups in total. The number of aliphatic hydroxyl groups excluding tert-OH is 1. The Balaban J connectivity index is 2.13. The Morgan fingerprint density at radius 1 is 1.31 bits per heavy atom. The first kappa shape index (κ1) is 9.47. The predicted octanol–water partition coefficient (Wildman–Crippen LogP) is 1.17. The molecule has 0 aromatic carbocycles. The zero-order chi connectivity index (χ0) is 11.0. The smallest absolute Gasteiger partial charge is 0.116 e. The number of hydrogen-bond acceptors (Lipinski definition) is 4. The van der Waals surface area contributed by atoms with E-state index in [-0.39, 0.29) is 6.61 Å². The highest BCUT2D eigenvalue weighted by Gasteiger charge is 2.29. The number of aliphatic hydroxyl groups is 1. The fourth-order valence-corrected chi connectivity index (χ4v) is 1.82. The van der Waals surface area contributed by atoms with Gasteiger partial charge in [0.2, 0.25) is 0 Å². The molecule has 3 rings (SSSR count). The van der Waals surface area contributed by atoms with E-state index in [0.29, 0.717) is 11.7 Å². The molecule has 0 atom stereocenters. The molecule has 0 radical (unpaired) electrons. The van der Waals surface area contributed by atoms with Gasteiger partial charge in [-0.05, 0) is 25.0 Å². The Morgan fingerprint density at radius 3 is 2.69 bits per heavy atom. The zero-order valence-electron chi connectivity index (χ0n) is 8.74. The van der Waals surface area contributed by atoms with Gasteiger partial charge in [0.15, 0.2) is 0 Å². The minimum Gasteiger partial charge on any atom is -0.390 e. The molecule has 0 unspecified atom stereocenters. The summed E-state index contributed by atoms with van der Waals surface area (Å²) >= 11 is 0. The summed E-state index contributed by atoms with van der Waals surface area (Å²) in [6.45, 7) is -0.0790. The van der Waals surface area contributed by atoms with E-state index in [4.69, 9.17) is 0 Å². The lowest BCUT2D eigenvalue weighted by Gasteiger charge is -2.05. The van der Waals surface area contributed by atoms with E-state index in [1.807, 2.05) is 16.8 Å². The van der Waals surface area contributed by atoms with Crippen LogP contribution in [0.25, 0.3) is 11.3 Å². The number of aromatic nitrogens is 4. The van der Waals surface area contributed by atoms with E-state index in [9.17, 15) is 5.11 Å². The van der Waals surface area contributed by atoms with Crippen LogP contribution in [0.15, 0.2) is 24.5 Å². The second-order valence-corrected chi connectivity index (χ2v) is 3.95. The van der Waals surface area contributed by atoms with Crippen molar-refractivity contribution in [3.05, 3.63) is 30.2 Å². The highest BCUT2D eigenvalue weighted by atomic mass is 16.3. The van der Waals surface area contributed by atoms with Crippen LogP contribution in [0.2, 0.25) is 0 Å². The third-order valence-electron chi connectivity index (χ3n) is 2.76. The lowest BCUT2D eigenvalue weighted by Crippen LogP contribution is -2.00. The van der Waals surface area contributed by atoms with Crippen LogP contribution in [0, 0.1) is 0 Å². The molecule has 0 amide bonds. The summed E-state index contributed by atoms with van der Waals surface area (Å²) in [6, 6.07) is 4.28. The summed E-state index contributed by atoms with van der Waals surface area (Å²) < 4.78 is 1.92.